The largest absolute Gasteiger partial charge is 0.489 e. The van der Waals surface area contributed by atoms with Crippen molar-refractivity contribution in [3.05, 3.63) is 48.0 Å². The van der Waals surface area contributed by atoms with Crippen molar-refractivity contribution >= 4 is 28.4 Å². The molecule has 174 valence electrons. The second-order valence-electron chi connectivity index (χ2n) is 8.52. The Labute approximate surface area is 195 Å². The summed E-state index contributed by atoms with van der Waals surface area (Å²) in [5.41, 5.74) is 5.28. The van der Waals surface area contributed by atoms with Crippen molar-refractivity contribution in [3.8, 4) is 17.0 Å². The highest BCUT2D eigenvalue weighted by atomic mass is 16.5. The number of rotatable bonds is 6. The summed E-state index contributed by atoms with van der Waals surface area (Å²) in [6.07, 6.45) is 7.97. The van der Waals surface area contributed by atoms with Gasteiger partial charge in [0.05, 0.1) is 34.8 Å². The van der Waals surface area contributed by atoms with Gasteiger partial charge in [0.1, 0.15) is 17.9 Å². The molecule has 3 N–H and O–H groups in total. The quantitative estimate of drug-likeness (QED) is 0.406. The third kappa shape index (κ3) is 3.56. The number of amides is 1. The molecule has 0 bridgehead atoms. The lowest BCUT2D eigenvalue weighted by Gasteiger charge is -2.16. The molecule has 6 heterocycles. The molecule has 0 radical (unpaired) electrons. The number of anilines is 2. The van der Waals surface area contributed by atoms with E-state index in [-0.39, 0.29) is 12.0 Å². The molecule has 0 aromatic carbocycles. The molecule has 4 aromatic heterocycles. The van der Waals surface area contributed by atoms with E-state index in [1.165, 1.54) is 0 Å². The lowest BCUT2D eigenvalue weighted by Crippen LogP contribution is -2.31. The van der Waals surface area contributed by atoms with Crippen molar-refractivity contribution in [2.75, 3.05) is 25.1 Å². The number of carbonyl (C=O) groups is 1. The highest BCUT2D eigenvalue weighted by Gasteiger charge is 2.29. The van der Waals surface area contributed by atoms with E-state index >= 15 is 0 Å². The molecule has 10 heteroatoms. The van der Waals surface area contributed by atoms with Crippen LogP contribution in [0, 0.1) is 0 Å². The van der Waals surface area contributed by atoms with Crippen LogP contribution in [0.3, 0.4) is 0 Å². The van der Waals surface area contributed by atoms with Crippen LogP contribution in [0.25, 0.3) is 22.3 Å². The number of hydrogen-bond donors (Lipinski definition) is 3. The van der Waals surface area contributed by atoms with E-state index in [9.17, 15) is 4.79 Å². The van der Waals surface area contributed by atoms with E-state index in [1.54, 1.807) is 23.3 Å². The number of fused-ring (bicyclic) bond motifs is 2. The van der Waals surface area contributed by atoms with Crippen LogP contribution in [0.2, 0.25) is 0 Å². The molecule has 10 nitrogen and oxygen atoms in total. The summed E-state index contributed by atoms with van der Waals surface area (Å²) in [5.74, 6) is 1.08. The fourth-order valence-electron chi connectivity index (χ4n) is 4.66. The number of aromatic nitrogens is 5. The predicted octanol–water partition coefficient (Wildman–Crippen LogP) is 2.95. The van der Waals surface area contributed by atoms with E-state index < -0.39 is 0 Å². The molecule has 1 atom stereocenters. The maximum atomic E-state index is 12.9. The molecule has 0 spiro atoms. The summed E-state index contributed by atoms with van der Waals surface area (Å²) in [6.45, 7) is 1.81. The number of nitrogens with zero attached hydrogens (tertiary/aromatic N) is 4. The van der Waals surface area contributed by atoms with Gasteiger partial charge in [-0.1, -0.05) is 0 Å². The number of aryl methyl sites for hydroxylation is 1. The summed E-state index contributed by atoms with van der Waals surface area (Å²) < 4.78 is 13.6. The van der Waals surface area contributed by atoms with Gasteiger partial charge in [0.2, 0.25) is 0 Å². The predicted molar refractivity (Wildman–Crippen MR) is 126 cm³/mol. The monoisotopic (exact) mass is 459 g/mol. The zero-order valence-corrected chi connectivity index (χ0v) is 18.8. The van der Waals surface area contributed by atoms with Crippen LogP contribution in [-0.2, 0) is 18.2 Å². The second kappa shape index (κ2) is 8.45. The van der Waals surface area contributed by atoms with Crippen molar-refractivity contribution in [2.45, 2.75) is 25.4 Å². The molecule has 6 rings (SSSR count). The van der Waals surface area contributed by atoms with Crippen molar-refractivity contribution in [2.24, 2.45) is 7.05 Å². The molecule has 2 aliphatic rings. The summed E-state index contributed by atoms with van der Waals surface area (Å²) in [7, 11) is 1.87. The van der Waals surface area contributed by atoms with Gasteiger partial charge in [-0.15, -0.1) is 0 Å². The minimum atomic E-state index is -0.129. The van der Waals surface area contributed by atoms with Crippen LogP contribution in [0.5, 0.6) is 5.75 Å². The van der Waals surface area contributed by atoms with E-state index in [0.29, 0.717) is 42.4 Å². The normalized spacial score (nSPS) is 17.6. The Morgan fingerprint density at radius 1 is 1.32 bits per heavy atom. The maximum absolute atomic E-state index is 12.9. The van der Waals surface area contributed by atoms with Gasteiger partial charge in [0, 0.05) is 50.3 Å². The Morgan fingerprint density at radius 2 is 2.26 bits per heavy atom. The van der Waals surface area contributed by atoms with Crippen LogP contribution in [0.4, 0.5) is 11.5 Å². The van der Waals surface area contributed by atoms with Gasteiger partial charge in [0.25, 0.3) is 5.91 Å². The average Bonchev–Trinajstić information content (AvgIpc) is 3.58. The molecule has 1 unspecified atom stereocenters. The molecular weight excluding hydrogens is 434 g/mol. The smallest absolute Gasteiger partial charge is 0.255 e. The molecular formula is C24H25N7O3. The average molecular weight is 460 g/mol. The Hall–Kier alpha value is -3.92. The lowest BCUT2D eigenvalue weighted by atomic mass is 10.1. The van der Waals surface area contributed by atoms with E-state index in [2.05, 4.69) is 30.7 Å². The van der Waals surface area contributed by atoms with Crippen LogP contribution in [-0.4, -0.2) is 56.5 Å². The molecule has 2 aliphatic heterocycles. The fourth-order valence-corrected chi connectivity index (χ4v) is 4.66. The van der Waals surface area contributed by atoms with Crippen LogP contribution < -0.4 is 15.4 Å². The first-order valence-electron chi connectivity index (χ1n) is 11.5. The van der Waals surface area contributed by atoms with Gasteiger partial charge >= 0.3 is 0 Å². The summed E-state index contributed by atoms with van der Waals surface area (Å²) in [5, 5.41) is 11.0. The Kier molecular flexibility index (Phi) is 5.14. The SMILES string of the molecule is Cn1nc(Nc2c(-c3ccncc3OCC3CCCO3)[nH]c3c2C(=O)NCC3)c2ncccc21. The minimum absolute atomic E-state index is 0.0826. The van der Waals surface area contributed by atoms with Gasteiger partial charge in [-0.25, -0.2) is 0 Å². The summed E-state index contributed by atoms with van der Waals surface area (Å²) >= 11 is 0. The van der Waals surface area contributed by atoms with Gasteiger partial charge in [-0.2, -0.15) is 5.10 Å². The lowest BCUT2D eigenvalue weighted by molar-refractivity contribution is 0.0680. The third-order valence-corrected chi connectivity index (χ3v) is 6.32. The molecule has 0 saturated carbocycles. The molecule has 4 aromatic rings. The highest BCUT2D eigenvalue weighted by Crippen LogP contribution is 2.40. The van der Waals surface area contributed by atoms with Gasteiger partial charge < -0.3 is 25.1 Å². The van der Waals surface area contributed by atoms with Crippen LogP contribution in [0.15, 0.2) is 36.8 Å². The van der Waals surface area contributed by atoms with Crippen molar-refractivity contribution < 1.29 is 14.3 Å². The third-order valence-electron chi connectivity index (χ3n) is 6.32. The molecule has 0 aliphatic carbocycles. The zero-order valence-electron chi connectivity index (χ0n) is 18.8. The van der Waals surface area contributed by atoms with E-state index in [1.807, 2.05) is 25.2 Å². The molecule has 1 fully saturated rings. The van der Waals surface area contributed by atoms with Crippen molar-refractivity contribution in [1.82, 2.24) is 30.0 Å². The number of carbonyl (C=O) groups excluding carboxylic acids is 1. The van der Waals surface area contributed by atoms with Gasteiger partial charge in [0.15, 0.2) is 5.82 Å². The Morgan fingerprint density at radius 3 is 3.15 bits per heavy atom. The number of hydrogen-bond acceptors (Lipinski definition) is 7. The zero-order chi connectivity index (χ0) is 23.1. The van der Waals surface area contributed by atoms with Gasteiger partial charge in [-0.3, -0.25) is 19.4 Å². The minimum Gasteiger partial charge on any atom is -0.489 e. The fraction of sp³-hybridized carbons (Fsp3) is 0.333. The maximum Gasteiger partial charge on any atom is 0.255 e. The number of nitrogens with one attached hydrogen (secondary N) is 3. The van der Waals surface area contributed by atoms with E-state index in [0.717, 1.165) is 47.4 Å². The molecule has 1 saturated heterocycles. The van der Waals surface area contributed by atoms with E-state index in [4.69, 9.17) is 9.47 Å². The van der Waals surface area contributed by atoms with Crippen molar-refractivity contribution in [1.29, 1.82) is 0 Å². The first kappa shape index (κ1) is 20.7. The first-order chi connectivity index (χ1) is 16.7. The second-order valence-corrected chi connectivity index (χ2v) is 8.52. The highest BCUT2D eigenvalue weighted by molar-refractivity contribution is 6.07. The number of pyridine rings is 2. The summed E-state index contributed by atoms with van der Waals surface area (Å²) in [6, 6.07) is 5.72. The number of ether oxygens (including phenoxy) is 2. The standard InChI is InChI=1S/C24H25N7O3/c1-31-17-5-2-8-26-21(17)23(30-31)29-22-19-16(7-10-27-24(19)32)28-20(22)15-6-9-25-12-18(15)34-13-14-4-3-11-33-14/h2,5-6,8-9,12,14,28H,3-4,7,10-11,13H2,1H3,(H,27,32)(H,29,30). The van der Waals surface area contributed by atoms with Crippen LogP contribution >= 0.6 is 0 Å². The summed E-state index contributed by atoms with van der Waals surface area (Å²) in [4.78, 5) is 25.2. The van der Waals surface area contributed by atoms with Crippen molar-refractivity contribution in [3.63, 3.8) is 0 Å². The Bertz CT molecular complexity index is 1370. The van der Waals surface area contributed by atoms with Gasteiger partial charge in [-0.05, 0) is 31.0 Å². The molecule has 1 amide bonds. The number of H-pyrrole nitrogens is 1. The topological polar surface area (TPSA) is 119 Å². The first-order valence-corrected chi connectivity index (χ1v) is 11.5. The van der Waals surface area contributed by atoms with Crippen LogP contribution in [0.1, 0.15) is 28.9 Å². The molecule has 34 heavy (non-hydrogen) atoms. The number of aromatic amines is 1. The Balaban J connectivity index is 1.44.